The van der Waals surface area contributed by atoms with Crippen LogP contribution in [-0.4, -0.2) is 13.0 Å². The van der Waals surface area contributed by atoms with E-state index in [1.165, 1.54) is 11.3 Å². The van der Waals surface area contributed by atoms with Gasteiger partial charge in [-0.25, -0.2) is 8.78 Å². The molecule has 0 radical (unpaired) electrons. The zero-order valence-corrected chi connectivity index (χ0v) is 10.2. The van der Waals surface area contributed by atoms with Crippen molar-refractivity contribution in [1.82, 2.24) is 5.32 Å². The van der Waals surface area contributed by atoms with Crippen molar-refractivity contribution in [3.8, 4) is 0 Å². The van der Waals surface area contributed by atoms with Crippen molar-refractivity contribution >= 4 is 27.3 Å². The average Bonchev–Trinajstić information content (AvgIpc) is 2.52. The van der Waals surface area contributed by atoms with Gasteiger partial charge >= 0.3 is 0 Å². The molecule has 1 aromatic rings. The molecule has 1 rings (SSSR count). The second-order valence-electron chi connectivity index (χ2n) is 2.90. The molecule has 1 heterocycles. The van der Waals surface area contributed by atoms with Gasteiger partial charge < -0.3 is 5.32 Å². The van der Waals surface area contributed by atoms with E-state index in [0.717, 1.165) is 10.9 Å². The molecule has 0 aromatic carbocycles. The Morgan fingerprint density at radius 3 is 2.71 bits per heavy atom. The lowest BCUT2D eigenvalue weighted by Crippen LogP contribution is -2.27. The average molecular weight is 284 g/mol. The predicted molar refractivity (Wildman–Crippen MR) is 59.1 cm³/mol. The van der Waals surface area contributed by atoms with E-state index < -0.39 is 12.5 Å². The Balaban J connectivity index is 2.73. The minimum Gasteiger partial charge on any atom is -0.305 e. The molecule has 0 aliphatic rings. The molecule has 1 aromatic heterocycles. The van der Waals surface area contributed by atoms with Crippen LogP contribution in [0, 0.1) is 0 Å². The zero-order chi connectivity index (χ0) is 10.6. The summed E-state index contributed by atoms with van der Waals surface area (Å²) in [4.78, 5) is 0.674. The van der Waals surface area contributed by atoms with Gasteiger partial charge in [0, 0.05) is 9.35 Å². The van der Waals surface area contributed by atoms with Gasteiger partial charge in [-0.2, -0.15) is 0 Å². The molecule has 1 N–H and O–H groups in total. The van der Waals surface area contributed by atoms with Crippen molar-refractivity contribution in [3.63, 3.8) is 0 Å². The molecule has 0 amide bonds. The first-order valence-corrected chi connectivity index (χ1v) is 6.08. The molecule has 0 saturated heterocycles. The second kappa shape index (κ2) is 5.78. The highest BCUT2D eigenvalue weighted by molar-refractivity contribution is 9.10. The fourth-order valence-corrected chi connectivity index (χ4v) is 2.82. The summed E-state index contributed by atoms with van der Waals surface area (Å²) < 4.78 is 26.1. The quantitative estimate of drug-likeness (QED) is 0.866. The van der Waals surface area contributed by atoms with Crippen LogP contribution in [0.2, 0.25) is 0 Å². The fraction of sp³-hybridized carbons (Fsp3) is 0.556. The van der Waals surface area contributed by atoms with E-state index >= 15 is 0 Å². The van der Waals surface area contributed by atoms with Crippen molar-refractivity contribution < 1.29 is 8.78 Å². The summed E-state index contributed by atoms with van der Waals surface area (Å²) in [5.74, 6) is 0. The molecule has 0 bridgehead atoms. The number of hydrogen-bond acceptors (Lipinski definition) is 2. The second-order valence-corrected chi connectivity index (χ2v) is 4.70. The minimum absolute atomic E-state index is 0.610. The molecule has 5 heteroatoms. The maximum atomic E-state index is 12.7. The Morgan fingerprint density at radius 1 is 1.57 bits per heavy atom. The third-order valence-electron chi connectivity index (χ3n) is 1.79. The lowest BCUT2D eigenvalue weighted by molar-refractivity contribution is 0.0997. The van der Waals surface area contributed by atoms with E-state index in [1.807, 2.05) is 12.3 Å². The van der Waals surface area contributed by atoms with Gasteiger partial charge in [0.2, 0.25) is 0 Å². The first-order chi connectivity index (χ1) is 6.66. The van der Waals surface area contributed by atoms with Crippen molar-refractivity contribution in [2.24, 2.45) is 0 Å². The number of alkyl halides is 2. The molecule has 80 valence electrons. The smallest absolute Gasteiger partial charge is 0.258 e. The highest BCUT2D eigenvalue weighted by atomic mass is 79.9. The molecule has 0 aliphatic carbocycles. The molecule has 1 unspecified atom stereocenters. The summed E-state index contributed by atoms with van der Waals surface area (Å²) in [6.07, 6.45) is -1.51. The van der Waals surface area contributed by atoms with Crippen molar-refractivity contribution in [1.29, 1.82) is 0 Å². The Bertz CT molecular complexity index is 278. The van der Waals surface area contributed by atoms with Crippen LogP contribution in [-0.2, 0) is 0 Å². The summed E-state index contributed by atoms with van der Waals surface area (Å²) in [5.41, 5.74) is 0. The minimum atomic E-state index is -2.36. The lowest BCUT2D eigenvalue weighted by Gasteiger charge is -2.16. The molecule has 0 fully saturated rings. The van der Waals surface area contributed by atoms with Crippen LogP contribution in [0.3, 0.4) is 0 Å². The molecule has 0 saturated carbocycles. The van der Waals surface area contributed by atoms with E-state index in [-0.39, 0.29) is 0 Å². The van der Waals surface area contributed by atoms with Gasteiger partial charge in [0.15, 0.2) is 0 Å². The van der Waals surface area contributed by atoms with Crippen LogP contribution in [0.1, 0.15) is 24.3 Å². The number of thiophene rings is 1. The SMILES string of the molecule is CCCNC(c1sccc1Br)C(F)F. The van der Waals surface area contributed by atoms with E-state index in [1.54, 1.807) is 6.07 Å². The van der Waals surface area contributed by atoms with Gasteiger partial charge in [0.25, 0.3) is 6.43 Å². The monoisotopic (exact) mass is 283 g/mol. The van der Waals surface area contributed by atoms with Crippen LogP contribution in [0.4, 0.5) is 8.78 Å². The van der Waals surface area contributed by atoms with E-state index in [2.05, 4.69) is 21.2 Å². The standard InChI is InChI=1S/C9H12BrF2NS/c1-2-4-13-7(9(11)12)8-6(10)3-5-14-8/h3,5,7,9,13H,2,4H2,1H3. The highest BCUT2D eigenvalue weighted by Crippen LogP contribution is 2.32. The normalized spacial score (nSPS) is 13.5. The van der Waals surface area contributed by atoms with Crippen LogP contribution in [0.5, 0.6) is 0 Å². The maximum Gasteiger partial charge on any atom is 0.258 e. The Labute approximate surface area is 94.6 Å². The zero-order valence-electron chi connectivity index (χ0n) is 7.77. The molecule has 14 heavy (non-hydrogen) atoms. The third-order valence-corrected chi connectivity index (χ3v) is 3.75. The highest BCUT2D eigenvalue weighted by Gasteiger charge is 2.24. The van der Waals surface area contributed by atoms with Crippen LogP contribution in [0.15, 0.2) is 15.9 Å². The van der Waals surface area contributed by atoms with Crippen LogP contribution < -0.4 is 5.32 Å². The number of hydrogen-bond donors (Lipinski definition) is 1. The maximum absolute atomic E-state index is 12.7. The van der Waals surface area contributed by atoms with E-state index in [4.69, 9.17) is 0 Å². The third kappa shape index (κ3) is 3.00. The first kappa shape index (κ1) is 12.1. The van der Waals surface area contributed by atoms with Gasteiger partial charge in [0.1, 0.15) is 6.04 Å². The number of rotatable bonds is 5. The number of nitrogens with one attached hydrogen (secondary N) is 1. The van der Waals surface area contributed by atoms with Gasteiger partial charge in [-0.3, -0.25) is 0 Å². The van der Waals surface area contributed by atoms with Gasteiger partial charge in [0.05, 0.1) is 0 Å². The Kier molecular flexibility index (Phi) is 4.98. The van der Waals surface area contributed by atoms with Crippen LogP contribution >= 0.6 is 27.3 Å². The first-order valence-electron chi connectivity index (χ1n) is 4.41. The Hall–Kier alpha value is -0.0000000000000000555. The fourth-order valence-electron chi connectivity index (χ4n) is 1.12. The summed E-state index contributed by atoms with van der Waals surface area (Å²) in [7, 11) is 0. The summed E-state index contributed by atoms with van der Waals surface area (Å²) >= 11 is 4.61. The lowest BCUT2D eigenvalue weighted by atomic mass is 10.2. The van der Waals surface area contributed by atoms with Gasteiger partial charge in [-0.1, -0.05) is 6.92 Å². The summed E-state index contributed by atoms with van der Waals surface area (Å²) in [6, 6.07) is 0.951. The van der Waals surface area contributed by atoms with Crippen LogP contribution in [0.25, 0.3) is 0 Å². The molecule has 1 atom stereocenters. The molecule has 1 nitrogen and oxygen atoms in total. The molecular formula is C9H12BrF2NS. The van der Waals surface area contributed by atoms with Gasteiger partial charge in [-0.05, 0) is 40.3 Å². The summed E-state index contributed by atoms with van der Waals surface area (Å²) in [6.45, 7) is 2.57. The van der Waals surface area contributed by atoms with Crippen molar-refractivity contribution in [2.75, 3.05) is 6.54 Å². The summed E-state index contributed by atoms with van der Waals surface area (Å²) in [5, 5.41) is 4.65. The number of halogens is 3. The molecule has 0 aliphatic heterocycles. The van der Waals surface area contributed by atoms with Crippen molar-refractivity contribution in [2.45, 2.75) is 25.8 Å². The topological polar surface area (TPSA) is 12.0 Å². The largest absolute Gasteiger partial charge is 0.305 e. The van der Waals surface area contributed by atoms with E-state index in [9.17, 15) is 8.78 Å². The van der Waals surface area contributed by atoms with Crippen molar-refractivity contribution in [3.05, 3.63) is 20.8 Å². The molecule has 0 spiro atoms. The van der Waals surface area contributed by atoms with E-state index in [0.29, 0.717) is 11.4 Å². The molecular weight excluding hydrogens is 272 g/mol. The van der Waals surface area contributed by atoms with Gasteiger partial charge in [-0.15, -0.1) is 11.3 Å². The predicted octanol–water partition coefficient (Wildman–Crippen LogP) is 3.82. The Morgan fingerprint density at radius 2 is 2.29 bits per heavy atom.